The molecule has 20 heavy (non-hydrogen) atoms. The largest absolute Gasteiger partial charge is 0.215 e. The van der Waals surface area contributed by atoms with Crippen LogP contribution in [0.2, 0.25) is 0 Å². The number of sulfonamides is 1. The molecule has 0 aromatic heterocycles. The van der Waals surface area contributed by atoms with E-state index in [0.717, 1.165) is 12.0 Å². The number of nitrogens with one attached hydrogen (secondary N) is 1. The summed E-state index contributed by atoms with van der Waals surface area (Å²) in [6.07, 6.45) is 8.81. The minimum absolute atomic E-state index is 0.0819. The van der Waals surface area contributed by atoms with Gasteiger partial charge in [-0.25, -0.2) is 13.1 Å². The van der Waals surface area contributed by atoms with E-state index < -0.39 is 10.0 Å². The Bertz CT molecular complexity index is 476. The molecule has 0 bridgehead atoms. The molecule has 1 aromatic carbocycles. The average Bonchev–Trinajstić information content (AvgIpc) is 2.68. The molecular weight excluding hydrogens is 270 g/mol. The van der Waals surface area contributed by atoms with Gasteiger partial charge in [0, 0.05) is 6.54 Å². The van der Waals surface area contributed by atoms with Gasteiger partial charge in [0.15, 0.2) is 0 Å². The van der Waals surface area contributed by atoms with Crippen molar-refractivity contribution in [2.75, 3.05) is 6.54 Å². The van der Waals surface area contributed by atoms with Crippen molar-refractivity contribution in [3.05, 3.63) is 35.9 Å². The highest BCUT2D eigenvalue weighted by Gasteiger charge is 2.15. The van der Waals surface area contributed by atoms with E-state index >= 15 is 0 Å². The zero-order valence-corrected chi connectivity index (χ0v) is 12.9. The topological polar surface area (TPSA) is 46.2 Å². The molecule has 0 radical (unpaired) electrons. The Morgan fingerprint density at radius 3 is 2.30 bits per heavy atom. The van der Waals surface area contributed by atoms with Crippen molar-refractivity contribution in [1.29, 1.82) is 0 Å². The van der Waals surface area contributed by atoms with Crippen LogP contribution in [-0.2, 0) is 15.8 Å². The van der Waals surface area contributed by atoms with E-state index in [1.807, 2.05) is 30.3 Å². The molecule has 0 heterocycles. The second kappa shape index (κ2) is 7.79. The molecule has 1 aliphatic carbocycles. The fraction of sp³-hybridized carbons (Fsp3) is 0.625. The molecule has 0 saturated heterocycles. The van der Waals surface area contributed by atoms with E-state index in [2.05, 4.69) is 4.72 Å². The van der Waals surface area contributed by atoms with E-state index in [9.17, 15) is 8.42 Å². The van der Waals surface area contributed by atoms with Gasteiger partial charge >= 0.3 is 0 Å². The number of hydrogen-bond donors (Lipinski definition) is 1. The van der Waals surface area contributed by atoms with Crippen molar-refractivity contribution < 1.29 is 8.42 Å². The standard InChI is InChI=1S/C16H25NO2S/c18-20(19,14-16-10-6-3-7-11-16)17-13-12-15-8-4-1-2-5-9-15/h3,6-7,10-11,15,17H,1-2,4-5,8-9,12-14H2. The Kier molecular flexibility index (Phi) is 6.05. The first-order valence-electron chi connectivity index (χ1n) is 7.67. The van der Waals surface area contributed by atoms with Gasteiger partial charge in [-0.05, 0) is 17.9 Å². The van der Waals surface area contributed by atoms with Crippen LogP contribution in [0.3, 0.4) is 0 Å². The van der Waals surface area contributed by atoms with Gasteiger partial charge in [0.1, 0.15) is 0 Å². The summed E-state index contributed by atoms with van der Waals surface area (Å²) < 4.78 is 26.7. The molecule has 0 unspecified atom stereocenters. The Hall–Kier alpha value is -0.870. The first-order valence-corrected chi connectivity index (χ1v) is 9.32. The minimum atomic E-state index is -3.19. The van der Waals surface area contributed by atoms with Crippen LogP contribution in [0.5, 0.6) is 0 Å². The maximum atomic E-state index is 12.0. The van der Waals surface area contributed by atoms with Crippen molar-refractivity contribution >= 4 is 10.0 Å². The lowest BCUT2D eigenvalue weighted by Crippen LogP contribution is -2.27. The normalized spacial score (nSPS) is 17.8. The van der Waals surface area contributed by atoms with Crippen molar-refractivity contribution in [3.8, 4) is 0 Å². The van der Waals surface area contributed by atoms with Gasteiger partial charge in [0.2, 0.25) is 10.0 Å². The summed E-state index contributed by atoms with van der Waals surface area (Å²) in [6.45, 7) is 0.583. The molecule has 3 nitrogen and oxygen atoms in total. The first kappa shape index (κ1) is 15.5. The van der Waals surface area contributed by atoms with Crippen LogP contribution in [0.25, 0.3) is 0 Å². The molecule has 0 atom stereocenters. The Balaban J connectivity index is 1.74. The summed E-state index contributed by atoms with van der Waals surface area (Å²) in [5.74, 6) is 0.787. The predicted molar refractivity (Wildman–Crippen MR) is 82.9 cm³/mol. The van der Waals surface area contributed by atoms with Gasteiger partial charge in [0.05, 0.1) is 5.75 Å². The van der Waals surface area contributed by atoms with Crippen LogP contribution in [0, 0.1) is 5.92 Å². The highest BCUT2D eigenvalue weighted by molar-refractivity contribution is 7.88. The SMILES string of the molecule is O=S(=O)(Cc1ccccc1)NCCC1CCCCCC1. The van der Waals surface area contributed by atoms with E-state index in [4.69, 9.17) is 0 Å². The van der Waals surface area contributed by atoms with Crippen LogP contribution >= 0.6 is 0 Å². The molecule has 0 amide bonds. The molecular formula is C16H25NO2S. The molecule has 1 aliphatic rings. The van der Waals surface area contributed by atoms with E-state index in [-0.39, 0.29) is 5.75 Å². The molecule has 112 valence electrons. The predicted octanol–water partition coefficient (Wildman–Crippen LogP) is 3.47. The van der Waals surface area contributed by atoms with Gasteiger partial charge in [-0.3, -0.25) is 0 Å². The number of hydrogen-bond acceptors (Lipinski definition) is 2. The zero-order chi connectivity index (χ0) is 14.3. The second-order valence-corrected chi connectivity index (χ2v) is 7.59. The number of rotatable bonds is 6. The highest BCUT2D eigenvalue weighted by atomic mass is 32.2. The average molecular weight is 295 g/mol. The van der Waals surface area contributed by atoms with E-state index in [0.29, 0.717) is 12.5 Å². The Morgan fingerprint density at radius 2 is 1.65 bits per heavy atom. The number of benzene rings is 1. The van der Waals surface area contributed by atoms with Gasteiger partial charge in [-0.1, -0.05) is 68.9 Å². The third-order valence-corrected chi connectivity index (χ3v) is 5.41. The third kappa shape index (κ3) is 5.63. The van der Waals surface area contributed by atoms with Crippen LogP contribution in [0.4, 0.5) is 0 Å². The van der Waals surface area contributed by atoms with Crippen LogP contribution < -0.4 is 4.72 Å². The monoisotopic (exact) mass is 295 g/mol. The lowest BCUT2D eigenvalue weighted by molar-refractivity contribution is 0.427. The molecule has 1 aromatic rings. The highest BCUT2D eigenvalue weighted by Crippen LogP contribution is 2.24. The molecule has 1 saturated carbocycles. The molecule has 2 rings (SSSR count). The van der Waals surface area contributed by atoms with Crippen LogP contribution in [0.15, 0.2) is 30.3 Å². The Labute approximate surface area is 122 Å². The molecule has 4 heteroatoms. The van der Waals surface area contributed by atoms with E-state index in [1.54, 1.807) is 0 Å². The van der Waals surface area contributed by atoms with Crippen molar-refractivity contribution in [1.82, 2.24) is 4.72 Å². The minimum Gasteiger partial charge on any atom is -0.215 e. The summed E-state index contributed by atoms with van der Waals surface area (Å²) in [6, 6.07) is 9.34. The third-order valence-electron chi connectivity index (χ3n) is 4.05. The lowest BCUT2D eigenvalue weighted by atomic mass is 9.97. The first-order chi connectivity index (χ1) is 9.66. The van der Waals surface area contributed by atoms with Gasteiger partial charge in [-0.15, -0.1) is 0 Å². The van der Waals surface area contributed by atoms with Crippen LogP contribution in [0.1, 0.15) is 50.5 Å². The maximum absolute atomic E-state index is 12.0. The van der Waals surface area contributed by atoms with Crippen molar-refractivity contribution in [2.45, 2.75) is 50.7 Å². The van der Waals surface area contributed by atoms with Crippen molar-refractivity contribution in [2.24, 2.45) is 5.92 Å². The maximum Gasteiger partial charge on any atom is 0.215 e. The summed E-state index contributed by atoms with van der Waals surface area (Å²) in [7, 11) is -3.19. The van der Waals surface area contributed by atoms with Gasteiger partial charge in [-0.2, -0.15) is 0 Å². The van der Waals surface area contributed by atoms with Gasteiger partial charge < -0.3 is 0 Å². The van der Waals surface area contributed by atoms with E-state index in [1.165, 1.54) is 38.5 Å². The quantitative estimate of drug-likeness (QED) is 0.817. The smallest absolute Gasteiger partial charge is 0.215 e. The second-order valence-electron chi connectivity index (χ2n) is 5.79. The fourth-order valence-electron chi connectivity index (χ4n) is 2.92. The van der Waals surface area contributed by atoms with Crippen LogP contribution in [-0.4, -0.2) is 15.0 Å². The lowest BCUT2D eigenvalue weighted by Gasteiger charge is -2.14. The molecule has 0 aliphatic heterocycles. The molecule has 1 fully saturated rings. The zero-order valence-electron chi connectivity index (χ0n) is 12.1. The van der Waals surface area contributed by atoms with Gasteiger partial charge in [0.25, 0.3) is 0 Å². The molecule has 1 N–H and O–H groups in total. The van der Waals surface area contributed by atoms with Crippen molar-refractivity contribution in [3.63, 3.8) is 0 Å². The Morgan fingerprint density at radius 1 is 1.00 bits per heavy atom. The summed E-state index contributed by atoms with van der Waals surface area (Å²) in [5.41, 5.74) is 0.842. The fourth-order valence-corrected chi connectivity index (χ4v) is 4.08. The summed E-state index contributed by atoms with van der Waals surface area (Å²) in [5, 5.41) is 0. The molecule has 0 spiro atoms. The summed E-state index contributed by atoms with van der Waals surface area (Å²) >= 11 is 0. The summed E-state index contributed by atoms with van der Waals surface area (Å²) in [4.78, 5) is 0.